The summed E-state index contributed by atoms with van der Waals surface area (Å²) in [5.74, 6) is 1.45. The summed E-state index contributed by atoms with van der Waals surface area (Å²) in [7, 11) is 1.60. The number of rotatable bonds is 7. The molecule has 0 fully saturated rings. The zero-order chi connectivity index (χ0) is 20.1. The molecule has 1 heterocycles. The van der Waals surface area contributed by atoms with Gasteiger partial charge in [-0.3, -0.25) is 4.79 Å². The third-order valence-corrected chi connectivity index (χ3v) is 5.43. The summed E-state index contributed by atoms with van der Waals surface area (Å²) in [5.41, 5.74) is 1.45. The fourth-order valence-corrected chi connectivity index (χ4v) is 3.85. The molecule has 0 aliphatic heterocycles. The first kappa shape index (κ1) is 20.5. The molecule has 3 rings (SSSR count). The van der Waals surface area contributed by atoms with E-state index in [-0.39, 0.29) is 11.7 Å². The van der Waals surface area contributed by atoms with Crippen molar-refractivity contribution in [2.75, 3.05) is 18.2 Å². The minimum atomic E-state index is -0.133. The molecule has 1 aromatic heterocycles. The van der Waals surface area contributed by atoms with Crippen molar-refractivity contribution in [3.8, 4) is 17.1 Å². The SMILES string of the molecule is CCn1c(SCC(=O)Nc2ccc(OC)cc2)nnc1-c1ccc(Cl)cc1Cl. The van der Waals surface area contributed by atoms with Crippen LogP contribution < -0.4 is 10.1 Å². The minimum Gasteiger partial charge on any atom is -0.497 e. The number of halogens is 2. The van der Waals surface area contributed by atoms with E-state index in [0.29, 0.717) is 33.3 Å². The molecule has 0 saturated carbocycles. The van der Waals surface area contributed by atoms with Gasteiger partial charge in [0.1, 0.15) is 5.75 Å². The highest BCUT2D eigenvalue weighted by Gasteiger charge is 2.17. The van der Waals surface area contributed by atoms with Crippen LogP contribution >= 0.6 is 35.0 Å². The first-order valence-corrected chi connectivity index (χ1v) is 10.2. The van der Waals surface area contributed by atoms with E-state index in [0.717, 1.165) is 11.3 Å². The summed E-state index contributed by atoms with van der Waals surface area (Å²) in [6.45, 7) is 2.63. The van der Waals surface area contributed by atoms with Crippen LogP contribution in [0.1, 0.15) is 6.92 Å². The quantitative estimate of drug-likeness (QED) is 0.527. The lowest BCUT2D eigenvalue weighted by atomic mass is 10.2. The molecular weight excluding hydrogens is 419 g/mol. The number of amides is 1. The van der Waals surface area contributed by atoms with Crippen molar-refractivity contribution in [2.24, 2.45) is 0 Å². The van der Waals surface area contributed by atoms with E-state index in [4.69, 9.17) is 27.9 Å². The van der Waals surface area contributed by atoms with Crippen LogP contribution in [0, 0.1) is 0 Å². The number of nitrogens with one attached hydrogen (secondary N) is 1. The Morgan fingerprint density at radius 1 is 1.18 bits per heavy atom. The predicted molar refractivity (Wildman–Crippen MR) is 113 cm³/mol. The second-order valence-electron chi connectivity index (χ2n) is 5.74. The summed E-state index contributed by atoms with van der Waals surface area (Å²) in [5, 5.41) is 13.0. The molecule has 0 atom stereocenters. The molecule has 1 N–H and O–H groups in total. The van der Waals surface area contributed by atoms with Gasteiger partial charge in [-0.15, -0.1) is 10.2 Å². The van der Waals surface area contributed by atoms with Crippen LogP contribution in [-0.4, -0.2) is 33.5 Å². The second-order valence-corrected chi connectivity index (χ2v) is 7.53. The number of hydrogen-bond donors (Lipinski definition) is 1. The highest BCUT2D eigenvalue weighted by Crippen LogP contribution is 2.31. The average molecular weight is 437 g/mol. The van der Waals surface area contributed by atoms with E-state index >= 15 is 0 Å². The van der Waals surface area contributed by atoms with Gasteiger partial charge >= 0.3 is 0 Å². The Bertz CT molecular complexity index is 977. The van der Waals surface area contributed by atoms with Crippen molar-refractivity contribution in [1.82, 2.24) is 14.8 Å². The number of methoxy groups -OCH3 is 1. The van der Waals surface area contributed by atoms with E-state index < -0.39 is 0 Å². The Morgan fingerprint density at radius 2 is 1.93 bits per heavy atom. The zero-order valence-corrected chi connectivity index (χ0v) is 17.6. The number of aromatic nitrogens is 3. The van der Waals surface area contributed by atoms with Gasteiger partial charge in [0.15, 0.2) is 11.0 Å². The Kier molecular flexibility index (Phi) is 6.83. The number of benzene rings is 2. The first-order chi connectivity index (χ1) is 13.5. The van der Waals surface area contributed by atoms with Gasteiger partial charge < -0.3 is 14.6 Å². The fourth-order valence-electron chi connectivity index (χ4n) is 2.55. The molecule has 0 unspecified atom stereocenters. The highest BCUT2D eigenvalue weighted by atomic mass is 35.5. The van der Waals surface area contributed by atoms with Gasteiger partial charge in [-0.1, -0.05) is 35.0 Å². The smallest absolute Gasteiger partial charge is 0.234 e. The van der Waals surface area contributed by atoms with Crippen LogP contribution in [0.25, 0.3) is 11.4 Å². The lowest BCUT2D eigenvalue weighted by Gasteiger charge is -2.09. The minimum absolute atomic E-state index is 0.133. The number of anilines is 1. The van der Waals surface area contributed by atoms with Crippen molar-refractivity contribution in [3.05, 3.63) is 52.5 Å². The Balaban J connectivity index is 1.69. The summed E-state index contributed by atoms with van der Waals surface area (Å²) in [4.78, 5) is 12.3. The number of carbonyl (C=O) groups is 1. The van der Waals surface area contributed by atoms with Crippen LogP contribution in [0.3, 0.4) is 0 Å². The average Bonchev–Trinajstić information content (AvgIpc) is 3.09. The van der Waals surface area contributed by atoms with Crippen molar-refractivity contribution in [2.45, 2.75) is 18.6 Å². The van der Waals surface area contributed by atoms with Crippen LogP contribution in [-0.2, 0) is 11.3 Å². The van der Waals surface area contributed by atoms with E-state index in [1.807, 2.05) is 17.6 Å². The van der Waals surface area contributed by atoms with Crippen LogP contribution in [0.2, 0.25) is 10.0 Å². The number of thioether (sulfide) groups is 1. The monoisotopic (exact) mass is 436 g/mol. The maximum absolute atomic E-state index is 12.3. The maximum atomic E-state index is 12.3. The summed E-state index contributed by atoms with van der Waals surface area (Å²) < 4.78 is 7.02. The fraction of sp³-hybridized carbons (Fsp3) is 0.211. The standard InChI is InChI=1S/C19H18Cl2N4O2S/c1-3-25-18(15-9-4-12(20)10-16(15)21)23-24-19(25)28-11-17(26)22-13-5-7-14(27-2)8-6-13/h4-10H,3,11H2,1-2H3,(H,22,26). The zero-order valence-electron chi connectivity index (χ0n) is 15.3. The molecule has 0 saturated heterocycles. The lowest BCUT2D eigenvalue weighted by Crippen LogP contribution is -2.14. The Hall–Kier alpha value is -2.22. The van der Waals surface area contributed by atoms with Gasteiger partial charge in [-0.2, -0.15) is 0 Å². The third kappa shape index (κ3) is 4.79. The van der Waals surface area contributed by atoms with Gasteiger partial charge in [-0.05, 0) is 49.4 Å². The predicted octanol–water partition coefficient (Wildman–Crippen LogP) is 5.01. The number of carbonyl (C=O) groups excluding carboxylic acids is 1. The Morgan fingerprint density at radius 3 is 2.57 bits per heavy atom. The van der Waals surface area contributed by atoms with Gasteiger partial charge in [0.05, 0.1) is 17.9 Å². The third-order valence-electron chi connectivity index (χ3n) is 3.91. The molecule has 1 amide bonds. The van der Waals surface area contributed by atoms with Crippen LogP contribution in [0.4, 0.5) is 5.69 Å². The van der Waals surface area contributed by atoms with E-state index in [2.05, 4.69) is 15.5 Å². The molecule has 28 heavy (non-hydrogen) atoms. The number of nitrogens with zero attached hydrogens (tertiary/aromatic N) is 3. The molecule has 146 valence electrons. The maximum Gasteiger partial charge on any atom is 0.234 e. The van der Waals surface area contributed by atoms with Gasteiger partial charge in [0.2, 0.25) is 5.91 Å². The largest absolute Gasteiger partial charge is 0.497 e. The van der Waals surface area contributed by atoms with Crippen LogP contribution in [0.5, 0.6) is 5.75 Å². The molecule has 2 aromatic carbocycles. The lowest BCUT2D eigenvalue weighted by molar-refractivity contribution is -0.113. The van der Waals surface area contributed by atoms with Crippen molar-refractivity contribution >= 4 is 46.6 Å². The molecule has 0 spiro atoms. The molecule has 9 heteroatoms. The molecule has 0 bridgehead atoms. The summed E-state index contributed by atoms with van der Waals surface area (Å²) in [6.07, 6.45) is 0. The number of hydrogen-bond acceptors (Lipinski definition) is 5. The van der Waals surface area contributed by atoms with Crippen LogP contribution in [0.15, 0.2) is 47.6 Å². The second kappa shape index (κ2) is 9.32. The summed E-state index contributed by atoms with van der Waals surface area (Å²) >= 11 is 13.6. The molecule has 0 aliphatic rings. The van der Waals surface area contributed by atoms with Gasteiger partial charge in [-0.25, -0.2) is 0 Å². The molecular formula is C19H18Cl2N4O2S. The Labute approximate surface area is 177 Å². The van der Waals surface area contributed by atoms with E-state index in [1.165, 1.54) is 11.8 Å². The molecule has 0 radical (unpaired) electrons. The first-order valence-electron chi connectivity index (χ1n) is 8.47. The topological polar surface area (TPSA) is 69.0 Å². The van der Waals surface area contributed by atoms with E-state index in [9.17, 15) is 4.79 Å². The van der Waals surface area contributed by atoms with Gasteiger partial charge in [0, 0.05) is 22.8 Å². The van der Waals surface area contributed by atoms with Gasteiger partial charge in [0.25, 0.3) is 0 Å². The summed E-state index contributed by atoms with van der Waals surface area (Å²) in [6, 6.07) is 12.4. The molecule has 0 aliphatic carbocycles. The molecule has 6 nitrogen and oxygen atoms in total. The highest BCUT2D eigenvalue weighted by molar-refractivity contribution is 7.99. The molecule has 3 aromatic rings. The van der Waals surface area contributed by atoms with Crippen molar-refractivity contribution < 1.29 is 9.53 Å². The van der Waals surface area contributed by atoms with E-state index in [1.54, 1.807) is 43.5 Å². The van der Waals surface area contributed by atoms with Crippen molar-refractivity contribution in [1.29, 1.82) is 0 Å². The number of ether oxygens (including phenoxy) is 1. The normalized spacial score (nSPS) is 10.7. The van der Waals surface area contributed by atoms with Crippen molar-refractivity contribution in [3.63, 3.8) is 0 Å².